The van der Waals surface area contributed by atoms with E-state index < -0.39 is 5.91 Å². The van der Waals surface area contributed by atoms with Gasteiger partial charge in [-0.1, -0.05) is 73.5 Å². The largest absolute Gasteiger partial charge is 0.292 e. The van der Waals surface area contributed by atoms with Gasteiger partial charge in [0.2, 0.25) is 5.91 Å². The molecule has 3 heteroatoms. The van der Waals surface area contributed by atoms with Crippen LogP contribution in [-0.4, -0.2) is 23.9 Å². The predicted octanol–water partition coefficient (Wildman–Crippen LogP) is 4.86. The molecule has 26 heavy (non-hydrogen) atoms. The van der Waals surface area contributed by atoms with Crippen LogP contribution in [0.5, 0.6) is 0 Å². The molecule has 1 heterocycles. The van der Waals surface area contributed by atoms with E-state index in [9.17, 15) is 4.79 Å². The maximum Gasteiger partial charge on any atom is 0.238 e. The van der Waals surface area contributed by atoms with Crippen LogP contribution < -0.4 is 5.73 Å². The average molecular weight is 349 g/mol. The lowest BCUT2D eigenvalue weighted by Crippen LogP contribution is -2.37. The van der Waals surface area contributed by atoms with Crippen molar-refractivity contribution < 1.29 is 4.79 Å². The van der Waals surface area contributed by atoms with E-state index >= 15 is 0 Å². The number of nitrogens with one attached hydrogen (secondary N) is 1. The molecule has 1 radical (unpaired) electrons. The zero-order chi connectivity index (χ0) is 18.2. The zero-order valence-electron chi connectivity index (χ0n) is 15.4. The molecule has 2 aromatic carbocycles. The third kappa shape index (κ3) is 5.18. The predicted molar refractivity (Wildman–Crippen MR) is 106 cm³/mol. The molecule has 0 aromatic heterocycles. The van der Waals surface area contributed by atoms with Crippen LogP contribution in [0.25, 0.3) is 0 Å². The first kappa shape index (κ1) is 18.7. The number of benzene rings is 2. The van der Waals surface area contributed by atoms with Gasteiger partial charge in [0.15, 0.2) is 0 Å². The van der Waals surface area contributed by atoms with Gasteiger partial charge in [-0.05, 0) is 49.4 Å². The lowest BCUT2D eigenvalue weighted by Gasteiger charge is -2.38. The Kier molecular flexibility index (Phi) is 6.84. The Hall–Kier alpha value is -2.13. The molecule has 1 aliphatic heterocycles. The normalized spacial score (nSPS) is 16.0. The highest BCUT2D eigenvalue weighted by molar-refractivity contribution is 5.72. The molecule has 2 aromatic rings. The molecule has 0 aliphatic carbocycles. The monoisotopic (exact) mass is 349 g/mol. The van der Waals surface area contributed by atoms with Crippen molar-refractivity contribution in [3.8, 4) is 0 Å². The van der Waals surface area contributed by atoms with Crippen LogP contribution >= 0.6 is 0 Å². The van der Waals surface area contributed by atoms with Gasteiger partial charge >= 0.3 is 0 Å². The number of amides is 1. The number of likely N-dealkylation sites (tertiary alicyclic amines) is 1. The van der Waals surface area contributed by atoms with Gasteiger partial charge in [0.1, 0.15) is 0 Å². The van der Waals surface area contributed by atoms with Crippen LogP contribution in [0.3, 0.4) is 0 Å². The number of unbranched alkanes of at least 4 members (excludes halogenated alkanes) is 1. The number of hydrogen-bond acceptors (Lipinski definition) is 2. The Morgan fingerprint density at radius 3 is 1.96 bits per heavy atom. The summed E-state index contributed by atoms with van der Waals surface area (Å²) >= 11 is 0. The van der Waals surface area contributed by atoms with Crippen molar-refractivity contribution in [1.82, 2.24) is 10.6 Å². The van der Waals surface area contributed by atoms with Crippen molar-refractivity contribution in [2.24, 2.45) is 5.92 Å². The van der Waals surface area contributed by atoms with Gasteiger partial charge in [-0.25, -0.2) is 0 Å². The van der Waals surface area contributed by atoms with Gasteiger partial charge in [0, 0.05) is 6.42 Å². The fourth-order valence-corrected chi connectivity index (χ4v) is 4.10. The molecule has 0 atom stereocenters. The number of carbonyl (C=O) groups excluding carboxylic acids is 1. The van der Waals surface area contributed by atoms with Gasteiger partial charge in [0.05, 0.1) is 6.04 Å². The van der Waals surface area contributed by atoms with Crippen molar-refractivity contribution in [3.63, 3.8) is 0 Å². The molecule has 1 N–H and O–H groups in total. The Morgan fingerprint density at radius 2 is 1.46 bits per heavy atom. The highest BCUT2D eigenvalue weighted by Crippen LogP contribution is 2.33. The maximum absolute atomic E-state index is 10.7. The molecule has 0 bridgehead atoms. The van der Waals surface area contributed by atoms with E-state index in [0.29, 0.717) is 12.5 Å². The standard InChI is InChI=1S/C23H29N2O/c24-22(26)14-8-7-9-19-15-17-25(18-16-19)23(20-10-3-1-4-11-20)21-12-5-2-6-13-21/h1-6,10-13,19,23-24H,7-9,14-18H2. The minimum Gasteiger partial charge on any atom is -0.292 e. The molecule has 1 aliphatic rings. The third-order valence-corrected chi connectivity index (χ3v) is 5.51. The molecule has 3 nitrogen and oxygen atoms in total. The molecular weight excluding hydrogens is 320 g/mol. The minimum absolute atomic E-state index is 0.333. The highest BCUT2D eigenvalue weighted by Gasteiger charge is 2.27. The molecule has 0 unspecified atom stereocenters. The minimum atomic E-state index is -0.423. The Morgan fingerprint density at radius 1 is 0.923 bits per heavy atom. The smallest absolute Gasteiger partial charge is 0.238 e. The fraction of sp³-hybridized carbons (Fsp3) is 0.435. The van der Waals surface area contributed by atoms with Crippen molar-refractivity contribution in [1.29, 1.82) is 0 Å². The number of rotatable bonds is 8. The molecule has 137 valence electrons. The lowest BCUT2D eigenvalue weighted by molar-refractivity contribution is -0.118. The van der Waals surface area contributed by atoms with E-state index in [-0.39, 0.29) is 0 Å². The van der Waals surface area contributed by atoms with Crippen LogP contribution in [0, 0.1) is 5.92 Å². The number of piperidine rings is 1. The van der Waals surface area contributed by atoms with Crippen molar-refractivity contribution in [2.45, 2.75) is 44.6 Å². The lowest BCUT2D eigenvalue weighted by atomic mass is 9.88. The molecule has 3 rings (SSSR count). The molecule has 1 amide bonds. The van der Waals surface area contributed by atoms with Crippen LogP contribution in [0.15, 0.2) is 60.7 Å². The Balaban J connectivity index is 1.60. The fourth-order valence-electron chi connectivity index (χ4n) is 4.10. The van der Waals surface area contributed by atoms with Gasteiger partial charge in [0.25, 0.3) is 0 Å². The molecule has 1 saturated heterocycles. The quantitative estimate of drug-likeness (QED) is 0.639. The van der Waals surface area contributed by atoms with Gasteiger partial charge in [-0.2, -0.15) is 0 Å². The number of nitrogens with zero attached hydrogens (tertiary/aromatic N) is 1. The van der Waals surface area contributed by atoms with E-state index in [1.165, 1.54) is 30.4 Å². The second-order valence-corrected chi connectivity index (χ2v) is 7.37. The van der Waals surface area contributed by atoms with Gasteiger partial charge < -0.3 is 0 Å². The molecule has 0 saturated carbocycles. The summed E-state index contributed by atoms with van der Waals surface area (Å²) in [7, 11) is 0. The number of hydrogen-bond donors (Lipinski definition) is 0. The molecule has 1 fully saturated rings. The summed E-state index contributed by atoms with van der Waals surface area (Å²) in [5.74, 6) is 0.340. The van der Waals surface area contributed by atoms with E-state index in [4.69, 9.17) is 5.73 Å². The van der Waals surface area contributed by atoms with E-state index in [0.717, 1.165) is 31.8 Å². The third-order valence-electron chi connectivity index (χ3n) is 5.51. The van der Waals surface area contributed by atoms with Crippen LogP contribution in [-0.2, 0) is 4.79 Å². The maximum atomic E-state index is 10.7. The van der Waals surface area contributed by atoms with Crippen LogP contribution in [0.2, 0.25) is 0 Å². The van der Waals surface area contributed by atoms with E-state index in [2.05, 4.69) is 65.6 Å². The summed E-state index contributed by atoms with van der Waals surface area (Å²) in [6, 6.07) is 22.0. The molecular formula is C23H29N2O. The summed E-state index contributed by atoms with van der Waals surface area (Å²) in [6.07, 6.45) is 6.02. The average Bonchev–Trinajstić information content (AvgIpc) is 2.68. The zero-order valence-corrected chi connectivity index (χ0v) is 15.4. The summed E-state index contributed by atoms with van der Waals surface area (Å²) < 4.78 is 0. The topological polar surface area (TPSA) is 44.1 Å². The van der Waals surface area contributed by atoms with Crippen molar-refractivity contribution >= 4 is 5.91 Å². The molecule has 0 spiro atoms. The second kappa shape index (κ2) is 9.54. The van der Waals surface area contributed by atoms with E-state index in [1.54, 1.807) is 0 Å². The summed E-state index contributed by atoms with van der Waals surface area (Å²) in [6.45, 7) is 2.24. The van der Waals surface area contributed by atoms with Crippen LogP contribution in [0.4, 0.5) is 0 Å². The second-order valence-electron chi connectivity index (χ2n) is 7.37. The van der Waals surface area contributed by atoms with Gasteiger partial charge in [-0.15, -0.1) is 0 Å². The number of carbonyl (C=O) groups is 1. The first-order valence-corrected chi connectivity index (χ1v) is 9.82. The summed E-state index contributed by atoms with van der Waals surface area (Å²) in [5.41, 5.74) is 9.73. The highest BCUT2D eigenvalue weighted by atomic mass is 16.1. The van der Waals surface area contributed by atoms with Gasteiger partial charge in [-0.3, -0.25) is 15.4 Å². The van der Waals surface area contributed by atoms with E-state index in [1.807, 2.05) is 0 Å². The van der Waals surface area contributed by atoms with Crippen molar-refractivity contribution in [2.75, 3.05) is 13.1 Å². The SMILES string of the molecule is [NH]C(=O)CCCCC1CCN(C(c2ccccc2)c2ccccc2)CC1. The first-order valence-electron chi connectivity index (χ1n) is 9.82. The van der Waals surface area contributed by atoms with Crippen LogP contribution in [0.1, 0.15) is 55.7 Å². The Labute approximate surface area is 157 Å². The summed E-state index contributed by atoms with van der Waals surface area (Å²) in [5, 5.41) is 0. The first-order chi connectivity index (χ1) is 12.7. The van der Waals surface area contributed by atoms with Crippen molar-refractivity contribution in [3.05, 3.63) is 71.8 Å². The summed E-state index contributed by atoms with van der Waals surface area (Å²) in [4.78, 5) is 13.4. The Bertz CT molecular complexity index is 624.